The molecule has 0 radical (unpaired) electrons. The van der Waals surface area contributed by atoms with Gasteiger partial charge in [-0.15, -0.1) is 0 Å². The summed E-state index contributed by atoms with van der Waals surface area (Å²) in [6, 6.07) is -0.528. The van der Waals surface area contributed by atoms with Crippen LogP contribution in [0.15, 0.2) is 0 Å². The number of amides is 2. The first-order valence-electron chi connectivity index (χ1n) is 6.35. The molecule has 0 spiro atoms. The van der Waals surface area contributed by atoms with Crippen LogP contribution in [0.4, 0.5) is 4.79 Å². The Labute approximate surface area is 107 Å². The molecule has 0 saturated carbocycles. The molecule has 2 N–H and O–H groups in total. The van der Waals surface area contributed by atoms with Gasteiger partial charge >= 0.3 is 12.0 Å². The standard InChI is InChI=1S/C12H22N2O4/c1-9(2)10(8-11(15)16)13-12(17)14-4-3-6-18-7-5-14/h9-10H,3-8H2,1-2H3,(H,13,17)(H,15,16). The molecule has 6 nitrogen and oxygen atoms in total. The minimum Gasteiger partial charge on any atom is -0.481 e. The summed E-state index contributed by atoms with van der Waals surface area (Å²) in [5, 5.41) is 11.6. The van der Waals surface area contributed by atoms with Crippen LogP contribution in [0.25, 0.3) is 0 Å². The van der Waals surface area contributed by atoms with Gasteiger partial charge in [0.2, 0.25) is 0 Å². The van der Waals surface area contributed by atoms with Crippen LogP contribution in [0.3, 0.4) is 0 Å². The summed E-state index contributed by atoms with van der Waals surface area (Å²) in [5.41, 5.74) is 0. The summed E-state index contributed by atoms with van der Waals surface area (Å²) < 4.78 is 5.28. The van der Waals surface area contributed by atoms with Crippen molar-refractivity contribution < 1.29 is 19.4 Å². The second-order valence-corrected chi connectivity index (χ2v) is 4.85. The number of carbonyl (C=O) groups excluding carboxylic acids is 1. The van der Waals surface area contributed by atoms with E-state index in [-0.39, 0.29) is 24.4 Å². The molecule has 104 valence electrons. The van der Waals surface area contributed by atoms with E-state index in [4.69, 9.17) is 9.84 Å². The van der Waals surface area contributed by atoms with Gasteiger partial charge < -0.3 is 20.1 Å². The fourth-order valence-electron chi connectivity index (χ4n) is 1.84. The molecule has 1 heterocycles. The topological polar surface area (TPSA) is 78.9 Å². The van der Waals surface area contributed by atoms with Gasteiger partial charge in [-0.1, -0.05) is 13.8 Å². The third-order valence-electron chi connectivity index (χ3n) is 3.02. The van der Waals surface area contributed by atoms with Crippen LogP contribution in [0.2, 0.25) is 0 Å². The second kappa shape index (κ2) is 7.20. The minimum atomic E-state index is -0.895. The quantitative estimate of drug-likeness (QED) is 0.786. The van der Waals surface area contributed by atoms with E-state index < -0.39 is 5.97 Å². The summed E-state index contributed by atoms with van der Waals surface area (Å²) in [4.78, 5) is 24.4. The van der Waals surface area contributed by atoms with Gasteiger partial charge in [0.1, 0.15) is 0 Å². The van der Waals surface area contributed by atoms with Crippen molar-refractivity contribution in [3.8, 4) is 0 Å². The third kappa shape index (κ3) is 4.91. The summed E-state index contributed by atoms with van der Waals surface area (Å²) in [6.45, 7) is 6.23. The Kier molecular flexibility index (Phi) is 5.91. The van der Waals surface area contributed by atoms with E-state index in [2.05, 4.69) is 5.32 Å². The van der Waals surface area contributed by atoms with E-state index in [1.165, 1.54) is 0 Å². The number of carboxylic acids is 1. The molecule has 0 aromatic carbocycles. The molecule has 0 aromatic rings. The Hall–Kier alpha value is -1.30. The third-order valence-corrected chi connectivity index (χ3v) is 3.02. The Morgan fingerprint density at radius 2 is 2.06 bits per heavy atom. The molecule has 1 rings (SSSR count). The van der Waals surface area contributed by atoms with Crippen molar-refractivity contribution >= 4 is 12.0 Å². The van der Waals surface area contributed by atoms with Crippen LogP contribution < -0.4 is 5.32 Å². The van der Waals surface area contributed by atoms with Gasteiger partial charge in [-0.25, -0.2) is 4.79 Å². The van der Waals surface area contributed by atoms with Gasteiger partial charge in [-0.2, -0.15) is 0 Å². The molecule has 18 heavy (non-hydrogen) atoms. The Morgan fingerprint density at radius 1 is 1.33 bits per heavy atom. The van der Waals surface area contributed by atoms with E-state index in [9.17, 15) is 9.59 Å². The number of carboxylic acid groups (broad SMARTS) is 1. The molecular formula is C12H22N2O4. The van der Waals surface area contributed by atoms with Gasteiger partial charge in [0, 0.05) is 25.7 Å². The first-order chi connectivity index (χ1) is 8.50. The summed E-state index contributed by atoms with van der Waals surface area (Å²) in [5.74, 6) is -0.804. The normalized spacial score (nSPS) is 18.3. The van der Waals surface area contributed by atoms with Crippen LogP contribution in [0.1, 0.15) is 26.7 Å². The van der Waals surface area contributed by atoms with E-state index in [1.54, 1.807) is 4.90 Å². The van der Waals surface area contributed by atoms with E-state index in [1.807, 2.05) is 13.8 Å². The Bertz CT molecular complexity index is 286. The average molecular weight is 258 g/mol. The number of urea groups is 1. The highest BCUT2D eigenvalue weighted by molar-refractivity contribution is 5.76. The molecular weight excluding hydrogens is 236 g/mol. The molecule has 1 fully saturated rings. The van der Waals surface area contributed by atoms with Crippen molar-refractivity contribution in [1.29, 1.82) is 0 Å². The van der Waals surface area contributed by atoms with E-state index >= 15 is 0 Å². The van der Waals surface area contributed by atoms with Gasteiger partial charge in [-0.05, 0) is 12.3 Å². The highest BCUT2D eigenvalue weighted by atomic mass is 16.5. The molecule has 1 aliphatic heterocycles. The zero-order valence-corrected chi connectivity index (χ0v) is 11.0. The maximum Gasteiger partial charge on any atom is 0.317 e. The lowest BCUT2D eigenvalue weighted by molar-refractivity contribution is -0.137. The Balaban J connectivity index is 2.51. The van der Waals surface area contributed by atoms with Crippen LogP contribution in [-0.4, -0.2) is 54.4 Å². The predicted molar refractivity (Wildman–Crippen MR) is 66.4 cm³/mol. The fraction of sp³-hybridized carbons (Fsp3) is 0.833. The molecule has 6 heteroatoms. The lowest BCUT2D eigenvalue weighted by atomic mass is 10.0. The van der Waals surface area contributed by atoms with E-state index in [0.717, 1.165) is 6.42 Å². The fourth-order valence-corrected chi connectivity index (χ4v) is 1.84. The average Bonchev–Trinajstić information content (AvgIpc) is 2.55. The molecule has 0 aromatic heterocycles. The van der Waals surface area contributed by atoms with Crippen LogP contribution >= 0.6 is 0 Å². The zero-order chi connectivity index (χ0) is 13.5. The first-order valence-corrected chi connectivity index (χ1v) is 6.35. The van der Waals surface area contributed by atoms with E-state index in [0.29, 0.717) is 26.3 Å². The smallest absolute Gasteiger partial charge is 0.317 e. The maximum atomic E-state index is 12.0. The number of carbonyl (C=O) groups is 2. The highest BCUT2D eigenvalue weighted by Gasteiger charge is 2.23. The molecule has 1 unspecified atom stereocenters. The molecule has 1 saturated heterocycles. The monoisotopic (exact) mass is 258 g/mol. The minimum absolute atomic E-state index is 0.0479. The number of ether oxygens (including phenoxy) is 1. The number of nitrogens with zero attached hydrogens (tertiary/aromatic N) is 1. The van der Waals surface area contributed by atoms with Gasteiger partial charge in [-0.3, -0.25) is 4.79 Å². The Morgan fingerprint density at radius 3 is 2.67 bits per heavy atom. The lowest BCUT2D eigenvalue weighted by Gasteiger charge is -2.26. The maximum absolute atomic E-state index is 12.0. The molecule has 0 aliphatic carbocycles. The van der Waals surface area contributed by atoms with Crippen molar-refractivity contribution in [1.82, 2.24) is 10.2 Å². The number of nitrogens with one attached hydrogen (secondary N) is 1. The largest absolute Gasteiger partial charge is 0.481 e. The highest BCUT2D eigenvalue weighted by Crippen LogP contribution is 2.08. The predicted octanol–water partition coefficient (Wildman–Crippen LogP) is 0.918. The van der Waals surface area contributed by atoms with Crippen LogP contribution in [-0.2, 0) is 9.53 Å². The zero-order valence-electron chi connectivity index (χ0n) is 11.0. The van der Waals surface area contributed by atoms with Crippen molar-refractivity contribution in [3.63, 3.8) is 0 Å². The van der Waals surface area contributed by atoms with Crippen LogP contribution in [0.5, 0.6) is 0 Å². The van der Waals surface area contributed by atoms with Crippen molar-refractivity contribution in [2.24, 2.45) is 5.92 Å². The summed E-state index contributed by atoms with van der Waals surface area (Å²) in [6.07, 6.45) is 0.770. The summed E-state index contributed by atoms with van der Waals surface area (Å²) >= 11 is 0. The number of hydrogen-bond acceptors (Lipinski definition) is 3. The van der Waals surface area contributed by atoms with Gasteiger partial charge in [0.25, 0.3) is 0 Å². The van der Waals surface area contributed by atoms with Crippen LogP contribution in [0, 0.1) is 5.92 Å². The molecule has 1 aliphatic rings. The number of rotatable bonds is 4. The van der Waals surface area contributed by atoms with Crippen molar-refractivity contribution in [2.45, 2.75) is 32.7 Å². The lowest BCUT2D eigenvalue weighted by Crippen LogP contribution is -2.48. The molecule has 0 bridgehead atoms. The second-order valence-electron chi connectivity index (χ2n) is 4.85. The van der Waals surface area contributed by atoms with Gasteiger partial charge in [0.15, 0.2) is 0 Å². The summed E-state index contributed by atoms with van der Waals surface area (Å²) in [7, 11) is 0. The molecule has 1 atom stereocenters. The van der Waals surface area contributed by atoms with Gasteiger partial charge in [0.05, 0.1) is 13.0 Å². The SMILES string of the molecule is CC(C)C(CC(=O)O)NC(=O)N1CCCOCC1. The first kappa shape index (κ1) is 14.8. The van der Waals surface area contributed by atoms with Crippen molar-refractivity contribution in [3.05, 3.63) is 0 Å². The number of hydrogen-bond donors (Lipinski definition) is 2. The van der Waals surface area contributed by atoms with Crippen molar-refractivity contribution in [2.75, 3.05) is 26.3 Å². The molecule has 2 amide bonds. The number of aliphatic carboxylic acids is 1.